The summed E-state index contributed by atoms with van der Waals surface area (Å²) in [6.07, 6.45) is 1.19. The maximum Gasteiger partial charge on any atom is 0.0742 e. The van der Waals surface area contributed by atoms with Gasteiger partial charge in [0.15, 0.2) is 0 Å². The first-order valence-corrected chi connectivity index (χ1v) is 4.06. The summed E-state index contributed by atoms with van der Waals surface area (Å²) in [5, 5.41) is 23.9. The summed E-state index contributed by atoms with van der Waals surface area (Å²) in [6, 6.07) is 0. The van der Waals surface area contributed by atoms with Gasteiger partial charge in [-0.3, -0.25) is 0 Å². The summed E-state index contributed by atoms with van der Waals surface area (Å²) < 4.78 is 4.44. The van der Waals surface area contributed by atoms with Crippen LogP contribution >= 0.6 is 0 Å². The van der Waals surface area contributed by atoms with Crippen molar-refractivity contribution in [3.8, 4) is 0 Å². The van der Waals surface area contributed by atoms with Crippen molar-refractivity contribution in [2.75, 3.05) is 26.9 Å². The molecule has 0 aromatic rings. The monoisotopic (exact) mass is 194 g/mol. The van der Waals surface area contributed by atoms with Gasteiger partial charge in [-0.1, -0.05) is 6.08 Å². The van der Waals surface area contributed by atoms with Crippen LogP contribution in [-0.4, -0.2) is 48.4 Å². The average molecular weight is 194 g/mol. The first-order chi connectivity index (χ1) is 6.10. The third-order valence-electron chi connectivity index (χ3n) is 0.560. The summed E-state index contributed by atoms with van der Waals surface area (Å²) in [4.78, 5) is 0. The average Bonchev–Trinajstić information content (AvgIpc) is 2.08. The molecule has 0 rings (SSSR count). The van der Waals surface area contributed by atoms with E-state index in [0.29, 0.717) is 6.61 Å². The molecule has 0 aromatic heterocycles. The van der Waals surface area contributed by atoms with Crippen LogP contribution in [0.2, 0.25) is 0 Å². The molecule has 1 unspecified atom stereocenters. The van der Waals surface area contributed by atoms with Crippen molar-refractivity contribution in [3.05, 3.63) is 12.7 Å². The number of aliphatic hydroxyl groups is 3. The highest BCUT2D eigenvalue weighted by molar-refractivity contribution is 4.51. The minimum atomic E-state index is -0.560. The van der Waals surface area contributed by atoms with E-state index in [4.69, 9.17) is 15.3 Å². The van der Waals surface area contributed by atoms with Gasteiger partial charge >= 0.3 is 0 Å². The van der Waals surface area contributed by atoms with E-state index in [0.717, 1.165) is 0 Å². The topological polar surface area (TPSA) is 69.9 Å². The van der Waals surface area contributed by atoms with Gasteiger partial charge in [0.25, 0.3) is 0 Å². The SMILES string of the molecule is C=CC.CC(O)CO.COCCO. The molecule has 0 spiro atoms. The highest BCUT2D eigenvalue weighted by Crippen LogP contribution is 1.68. The molecule has 82 valence electrons. The van der Waals surface area contributed by atoms with Gasteiger partial charge in [0.1, 0.15) is 0 Å². The van der Waals surface area contributed by atoms with E-state index < -0.39 is 6.10 Å². The lowest BCUT2D eigenvalue weighted by atomic mass is 10.5. The molecular weight excluding hydrogens is 172 g/mol. The maximum atomic E-state index is 8.11. The molecule has 0 bridgehead atoms. The van der Waals surface area contributed by atoms with Crippen LogP contribution in [0.3, 0.4) is 0 Å². The lowest BCUT2D eigenvalue weighted by molar-refractivity contribution is 0.110. The van der Waals surface area contributed by atoms with Gasteiger partial charge in [-0.25, -0.2) is 0 Å². The number of rotatable bonds is 3. The molecule has 0 saturated heterocycles. The van der Waals surface area contributed by atoms with Crippen LogP contribution in [0.25, 0.3) is 0 Å². The van der Waals surface area contributed by atoms with E-state index in [-0.39, 0.29) is 13.2 Å². The number of aliphatic hydroxyl groups excluding tert-OH is 3. The van der Waals surface area contributed by atoms with Gasteiger partial charge in [0, 0.05) is 7.11 Å². The third kappa shape index (κ3) is 82.9. The molecule has 0 aromatic carbocycles. The van der Waals surface area contributed by atoms with Gasteiger partial charge in [0.2, 0.25) is 0 Å². The van der Waals surface area contributed by atoms with E-state index in [1.165, 1.54) is 6.92 Å². The van der Waals surface area contributed by atoms with Crippen molar-refractivity contribution in [2.24, 2.45) is 0 Å². The van der Waals surface area contributed by atoms with E-state index in [1.54, 1.807) is 13.2 Å². The Morgan fingerprint density at radius 2 is 1.77 bits per heavy atom. The third-order valence-corrected chi connectivity index (χ3v) is 0.560. The zero-order chi connectivity index (χ0) is 11.1. The highest BCUT2D eigenvalue weighted by Gasteiger charge is 1.83. The van der Waals surface area contributed by atoms with Gasteiger partial charge < -0.3 is 20.1 Å². The van der Waals surface area contributed by atoms with Crippen molar-refractivity contribution >= 4 is 0 Å². The minimum absolute atomic E-state index is 0.122. The second kappa shape index (κ2) is 22.6. The lowest BCUT2D eigenvalue weighted by Gasteiger charge is -1.90. The molecule has 4 nitrogen and oxygen atoms in total. The minimum Gasteiger partial charge on any atom is -0.394 e. The zero-order valence-corrected chi connectivity index (χ0v) is 8.73. The standard InChI is InChI=1S/2C3H8O2.C3H6/c1-5-3-2-4;1-3(5)2-4;1-3-2/h4H,2-3H2,1H3;3-5H,2H2,1H3;3H,1H2,2H3. The number of ether oxygens (including phenoxy) is 1. The fourth-order valence-corrected chi connectivity index (χ4v) is 0.0913. The number of methoxy groups -OCH3 is 1. The van der Waals surface area contributed by atoms with Crippen molar-refractivity contribution in [3.63, 3.8) is 0 Å². The quantitative estimate of drug-likeness (QED) is 0.560. The predicted octanol–water partition coefficient (Wildman–Crippen LogP) is 0.177. The van der Waals surface area contributed by atoms with Crippen LogP contribution in [-0.2, 0) is 4.74 Å². The fraction of sp³-hybridized carbons (Fsp3) is 0.778. The first kappa shape index (κ1) is 18.4. The molecule has 1 atom stereocenters. The fourth-order valence-electron chi connectivity index (χ4n) is 0.0913. The molecule has 0 heterocycles. The second-order valence-electron chi connectivity index (χ2n) is 2.16. The summed E-state index contributed by atoms with van der Waals surface area (Å²) in [5.74, 6) is 0. The molecule has 0 fully saturated rings. The van der Waals surface area contributed by atoms with Crippen molar-refractivity contribution < 1.29 is 20.1 Å². The summed E-state index contributed by atoms with van der Waals surface area (Å²) in [6.45, 7) is 7.20. The molecular formula is C9H22O4. The molecule has 0 aliphatic heterocycles. The number of hydrogen-bond acceptors (Lipinski definition) is 4. The molecule has 0 aliphatic rings. The highest BCUT2D eigenvalue weighted by atomic mass is 16.5. The van der Waals surface area contributed by atoms with E-state index in [2.05, 4.69) is 11.3 Å². The van der Waals surface area contributed by atoms with Crippen molar-refractivity contribution in [2.45, 2.75) is 20.0 Å². The van der Waals surface area contributed by atoms with Gasteiger partial charge in [-0.05, 0) is 13.8 Å². The number of hydrogen-bond donors (Lipinski definition) is 3. The van der Waals surface area contributed by atoms with Crippen LogP contribution in [0.1, 0.15) is 13.8 Å². The Bertz CT molecular complexity index is 72.0. The normalized spacial score (nSPS) is 10.0. The van der Waals surface area contributed by atoms with Crippen molar-refractivity contribution in [1.82, 2.24) is 0 Å². The summed E-state index contributed by atoms with van der Waals surface area (Å²) in [7, 11) is 1.55. The zero-order valence-electron chi connectivity index (χ0n) is 8.73. The predicted molar refractivity (Wildman–Crippen MR) is 53.6 cm³/mol. The van der Waals surface area contributed by atoms with Crippen LogP contribution in [0.15, 0.2) is 12.7 Å². The van der Waals surface area contributed by atoms with Gasteiger partial charge in [0.05, 0.1) is 25.9 Å². The van der Waals surface area contributed by atoms with Gasteiger partial charge in [-0.2, -0.15) is 0 Å². The Kier molecular flexibility index (Phi) is 31.9. The van der Waals surface area contributed by atoms with E-state index in [9.17, 15) is 0 Å². The second-order valence-corrected chi connectivity index (χ2v) is 2.16. The molecule has 13 heavy (non-hydrogen) atoms. The maximum absolute atomic E-state index is 8.11. The van der Waals surface area contributed by atoms with E-state index in [1.807, 2.05) is 6.92 Å². The van der Waals surface area contributed by atoms with Gasteiger partial charge in [-0.15, -0.1) is 6.58 Å². The Morgan fingerprint density at radius 3 is 1.77 bits per heavy atom. The number of allylic oxidation sites excluding steroid dienone is 1. The Labute approximate surface area is 80.5 Å². The lowest BCUT2D eigenvalue weighted by Crippen LogP contribution is -2.03. The van der Waals surface area contributed by atoms with Crippen LogP contribution in [0, 0.1) is 0 Å². The molecule has 0 saturated carbocycles. The molecule has 3 N–H and O–H groups in total. The Morgan fingerprint density at radius 1 is 1.46 bits per heavy atom. The first-order valence-electron chi connectivity index (χ1n) is 4.06. The molecule has 0 aliphatic carbocycles. The van der Waals surface area contributed by atoms with Crippen LogP contribution < -0.4 is 0 Å². The molecule has 0 amide bonds. The Balaban J connectivity index is -0.000000120. The largest absolute Gasteiger partial charge is 0.394 e. The Hall–Kier alpha value is -0.420. The summed E-state index contributed by atoms with van der Waals surface area (Å²) in [5.41, 5.74) is 0. The molecule has 4 heteroatoms. The van der Waals surface area contributed by atoms with Crippen molar-refractivity contribution in [1.29, 1.82) is 0 Å². The summed E-state index contributed by atoms with van der Waals surface area (Å²) >= 11 is 0. The smallest absolute Gasteiger partial charge is 0.0742 e. The van der Waals surface area contributed by atoms with Crippen LogP contribution in [0.5, 0.6) is 0 Å². The molecule has 0 radical (unpaired) electrons. The van der Waals surface area contributed by atoms with E-state index >= 15 is 0 Å². The van der Waals surface area contributed by atoms with Crippen LogP contribution in [0.4, 0.5) is 0 Å².